The number of hydrogen-bond acceptors (Lipinski definition) is 3. The van der Waals surface area contributed by atoms with Crippen molar-refractivity contribution < 1.29 is 4.52 Å². The second-order valence-corrected chi connectivity index (χ2v) is 3.93. The van der Waals surface area contributed by atoms with Crippen molar-refractivity contribution in [2.24, 2.45) is 5.73 Å². The topological polar surface area (TPSA) is 52.0 Å². The van der Waals surface area contributed by atoms with Crippen LogP contribution in [0.4, 0.5) is 0 Å². The number of rotatable bonds is 2. The minimum atomic E-state index is 0.517. The molecule has 0 atom stereocenters. The smallest absolute Gasteiger partial charge is 0.174 e. The highest BCUT2D eigenvalue weighted by Crippen LogP contribution is 2.28. The highest BCUT2D eigenvalue weighted by molar-refractivity contribution is 5.91. The van der Waals surface area contributed by atoms with Gasteiger partial charge < -0.3 is 10.3 Å². The second-order valence-electron chi connectivity index (χ2n) is 3.93. The average molecular weight is 224 g/mol. The predicted octanol–water partition coefficient (Wildman–Crippen LogP) is 2.95. The maximum atomic E-state index is 5.60. The predicted molar refractivity (Wildman–Crippen MR) is 67.3 cm³/mol. The minimum absolute atomic E-state index is 0.517. The van der Waals surface area contributed by atoms with Crippen molar-refractivity contribution in [3.05, 3.63) is 54.1 Å². The average Bonchev–Trinajstić information content (AvgIpc) is 2.82. The summed E-state index contributed by atoms with van der Waals surface area (Å²) in [5.41, 5.74) is 8.55. The van der Waals surface area contributed by atoms with Gasteiger partial charge in [-0.3, -0.25) is 0 Å². The van der Waals surface area contributed by atoms with Crippen LogP contribution in [0.5, 0.6) is 0 Å². The van der Waals surface area contributed by atoms with Crippen LogP contribution in [0.2, 0.25) is 0 Å². The summed E-state index contributed by atoms with van der Waals surface area (Å²) < 4.78 is 5.41. The lowest BCUT2D eigenvalue weighted by molar-refractivity contribution is 0.441. The molecule has 0 radical (unpaired) electrons. The molecule has 0 aliphatic heterocycles. The third kappa shape index (κ3) is 1.70. The molecule has 1 heterocycles. The first-order valence-corrected chi connectivity index (χ1v) is 5.52. The van der Waals surface area contributed by atoms with Gasteiger partial charge in [0.1, 0.15) is 5.52 Å². The summed E-state index contributed by atoms with van der Waals surface area (Å²) >= 11 is 0. The molecular weight excluding hydrogens is 212 g/mol. The molecule has 3 rings (SSSR count). The number of aromatic nitrogens is 1. The number of fused-ring (bicyclic) bond motifs is 1. The number of nitrogens with two attached hydrogens (primary N) is 1. The van der Waals surface area contributed by atoms with Crippen molar-refractivity contribution in [2.45, 2.75) is 6.54 Å². The van der Waals surface area contributed by atoms with E-state index in [1.54, 1.807) is 0 Å². The first-order valence-electron chi connectivity index (χ1n) is 5.52. The Kier molecular flexibility index (Phi) is 2.38. The van der Waals surface area contributed by atoms with Crippen molar-refractivity contribution >= 4 is 10.9 Å². The molecule has 0 aliphatic rings. The van der Waals surface area contributed by atoms with E-state index in [0.717, 1.165) is 27.8 Å². The summed E-state index contributed by atoms with van der Waals surface area (Å²) in [6, 6.07) is 16.0. The summed E-state index contributed by atoms with van der Waals surface area (Å²) in [4.78, 5) is 0. The van der Waals surface area contributed by atoms with E-state index in [2.05, 4.69) is 5.16 Å². The summed E-state index contributed by atoms with van der Waals surface area (Å²) in [6.45, 7) is 0.517. The molecular formula is C14H12N2O. The molecule has 0 unspecified atom stereocenters. The van der Waals surface area contributed by atoms with Crippen LogP contribution in [0.15, 0.2) is 53.1 Å². The Labute approximate surface area is 98.8 Å². The van der Waals surface area contributed by atoms with Crippen LogP contribution in [-0.2, 0) is 6.54 Å². The maximum Gasteiger partial charge on any atom is 0.174 e. The van der Waals surface area contributed by atoms with Crippen LogP contribution in [0, 0.1) is 0 Å². The second kappa shape index (κ2) is 4.03. The largest absolute Gasteiger partial charge is 0.355 e. The fraction of sp³-hybridized carbons (Fsp3) is 0.0714. The highest BCUT2D eigenvalue weighted by Gasteiger charge is 2.10. The van der Waals surface area contributed by atoms with Crippen LogP contribution >= 0.6 is 0 Å². The van der Waals surface area contributed by atoms with Gasteiger partial charge in [0.15, 0.2) is 5.76 Å². The van der Waals surface area contributed by atoms with Crippen LogP contribution in [0.1, 0.15) is 5.56 Å². The van der Waals surface area contributed by atoms with Crippen molar-refractivity contribution in [3.63, 3.8) is 0 Å². The lowest BCUT2D eigenvalue weighted by atomic mass is 10.1. The molecule has 0 spiro atoms. The fourth-order valence-electron chi connectivity index (χ4n) is 1.91. The first-order chi connectivity index (χ1) is 8.38. The van der Waals surface area contributed by atoms with E-state index in [1.165, 1.54) is 0 Å². The molecule has 0 aliphatic carbocycles. The number of nitrogens with zero attached hydrogens (tertiary/aromatic N) is 1. The molecule has 1 aromatic heterocycles. The van der Waals surface area contributed by atoms with Crippen LogP contribution < -0.4 is 5.73 Å². The van der Waals surface area contributed by atoms with E-state index >= 15 is 0 Å². The van der Waals surface area contributed by atoms with Crippen molar-refractivity contribution in [3.8, 4) is 11.3 Å². The zero-order valence-electron chi connectivity index (χ0n) is 9.26. The van der Waals surface area contributed by atoms with Gasteiger partial charge in [-0.25, -0.2) is 0 Å². The van der Waals surface area contributed by atoms with Crippen molar-refractivity contribution in [1.29, 1.82) is 0 Å². The summed E-state index contributed by atoms with van der Waals surface area (Å²) in [5.74, 6) is 0.809. The molecule has 2 N–H and O–H groups in total. The first kappa shape index (κ1) is 10.1. The molecule has 3 nitrogen and oxygen atoms in total. The third-order valence-corrected chi connectivity index (χ3v) is 2.81. The van der Waals surface area contributed by atoms with Gasteiger partial charge in [-0.15, -0.1) is 0 Å². The SMILES string of the molecule is NCc1ccc2c(-c3ccccc3)onc2c1. The Hall–Kier alpha value is -2.13. The van der Waals surface area contributed by atoms with Gasteiger partial charge >= 0.3 is 0 Å². The molecule has 2 aromatic carbocycles. The van der Waals surface area contributed by atoms with Crippen LogP contribution in [0.3, 0.4) is 0 Å². The van der Waals surface area contributed by atoms with Gasteiger partial charge in [0.25, 0.3) is 0 Å². The summed E-state index contributed by atoms with van der Waals surface area (Å²) in [5, 5.41) is 5.09. The lowest BCUT2D eigenvalue weighted by Gasteiger charge is -1.97. The zero-order valence-corrected chi connectivity index (χ0v) is 9.26. The van der Waals surface area contributed by atoms with E-state index in [1.807, 2.05) is 48.5 Å². The van der Waals surface area contributed by atoms with Gasteiger partial charge in [0.05, 0.1) is 0 Å². The Balaban J connectivity index is 2.19. The molecule has 17 heavy (non-hydrogen) atoms. The van der Waals surface area contributed by atoms with E-state index < -0.39 is 0 Å². The van der Waals surface area contributed by atoms with E-state index in [4.69, 9.17) is 10.3 Å². The fourth-order valence-corrected chi connectivity index (χ4v) is 1.91. The van der Waals surface area contributed by atoms with Gasteiger partial charge in [-0.2, -0.15) is 0 Å². The molecule has 0 amide bonds. The highest BCUT2D eigenvalue weighted by atomic mass is 16.5. The summed E-state index contributed by atoms with van der Waals surface area (Å²) in [6.07, 6.45) is 0. The maximum absolute atomic E-state index is 5.60. The quantitative estimate of drug-likeness (QED) is 0.728. The van der Waals surface area contributed by atoms with Gasteiger partial charge in [-0.05, 0) is 17.7 Å². The summed E-state index contributed by atoms with van der Waals surface area (Å²) in [7, 11) is 0. The third-order valence-electron chi connectivity index (χ3n) is 2.81. The van der Waals surface area contributed by atoms with E-state index in [-0.39, 0.29) is 0 Å². The molecule has 0 saturated carbocycles. The van der Waals surface area contributed by atoms with E-state index in [9.17, 15) is 0 Å². The zero-order chi connectivity index (χ0) is 11.7. The molecule has 3 heteroatoms. The van der Waals surface area contributed by atoms with Crippen LogP contribution in [-0.4, -0.2) is 5.16 Å². The molecule has 84 valence electrons. The van der Waals surface area contributed by atoms with Gasteiger partial charge in [0, 0.05) is 17.5 Å². The standard InChI is InChI=1S/C14H12N2O/c15-9-10-6-7-12-13(8-10)16-17-14(12)11-4-2-1-3-5-11/h1-8H,9,15H2. The van der Waals surface area contributed by atoms with Crippen molar-refractivity contribution in [2.75, 3.05) is 0 Å². The Morgan fingerprint density at radius 1 is 1.06 bits per heavy atom. The van der Waals surface area contributed by atoms with Crippen LogP contribution in [0.25, 0.3) is 22.2 Å². The normalized spacial score (nSPS) is 10.9. The van der Waals surface area contributed by atoms with Gasteiger partial charge in [0.2, 0.25) is 0 Å². The number of benzene rings is 2. The Morgan fingerprint density at radius 3 is 2.65 bits per heavy atom. The number of hydrogen-bond donors (Lipinski definition) is 1. The molecule has 0 fully saturated rings. The molecule has 3 aromatic rings. The monoisotopic (exact) mass is 224 g/mol. The van der Waals surface area contributed by atoms with E-state index in [0.29, 0.717) is 6.54 Å². The minimum Gasteiger partial charge on any atom is -0.355 e. The Bertz CT molecular complexity index is 644. The molecule has 0 saturated heterocycles. The van der Waals surface area contributed by atoms with Crippen molar-refractivity contribution in [1.82, 2.24) is 5.16 Å². The Morgan fingerprint density at radius 2 is 1.88 bits per heavy atom. The molecule has 0 bridgehead atoms. The van der Waals surface area contributed by atoms with Gasteiger partial charge in [-0.1, -0.05) is 41.6 Å². The lowest BCUT2D eigenvalue weighted by Crippen LogP contribution is -1.95.